The standard InChI is InChI=1S/C4H5ClIN5/c5-2-1(6)3(11-8)10-4(7)9-2/h8H2,(H3,7,9,10,11). The predicted octanol–water partition coefficient (Wildman–Crippen LogP) is 0.602. The summed E-state index contributed by atoms with van der Waals surface area (Å²) in [6.45, 7) is 0. The van der Waals surface area contributed by atoms with Crippen LogP contribution in [-0.2, 0) is 0 Å². The summed E-state index contributed by atoms with van der Waals surface area (Å²) in [5.41, 5.74) is 7.65. The van der Waals surface area contributed by atoms with Crippen molar-refractivity contribution < 1.29 is 0 Å². The number of hydrazine groups is 1. The molecule has 0 amide bonds. The smallest absolute Gasteiger partial charge is 0.223 e. The second-order valence-electron chi connectivity index (χ2n) is 1.68. The van der Waals surface area contributed by atoms with Crippen LogP contribution in [0.3, 0.4) is 0 Å². The normalized spacial score (nSPS) is 9.73. The Hall–Kier alpha value is -0.340. The Morgan fingerprint density at radius 2 is 2.09 bits per heavy atom. The second kappa shape index (κ2) is 3.37. The fraction of sp³-hybridized carbons (Fsp3) is 0. The molecule has 60 valence electrons. The molecule has 5 nitrogen and oxygen atoms in total. The maximum absolute atomic E-state index is 5.66. The van der Waals surface area contributed by atoms with Crippen molar-refractivity contribution in [3.63, 3.8) is 0 Å². The molecule has 0 spiro atoms. The van der Waals surface area contributed by atoms with Crippen molar-refractivity contribution in [2.75, 3.05) is 11.2 Å². The zero-order valence-electron chi connectivity index (χ0n) is 5.31. The molecule has 0 aromatic carbocycles. The van der Waals surface area contributed by atoms with Crippen LogP contribution < -0.4 is 17.0 Å². The molecule has 11 heavy (non-hydrogen) atoms. The number of rotatable bonds is 1. The van der Waals surface area contributed by atoms with Crippen molar-refractivity contribution in [2.45, 2.75) is 0 Å². The maximum atomic E-state index is 5.66. The first-order valence-electron chi connectivity index (χ1n) is 2.60. The van der Waals surface area contributed by atoms with Gasteiger partial charge in [-0.1, -0.05) is 11.6 Å². The van der Waals surface area contributed by atoms with Crippen LogP contribution in [0.5, 0.6) is 0 Å². The van der Waals surface area contributed by atoms with Gasteiger partial charge in [-0.3, -0.25) is 0 Å². The molecule has 1 rings (SSSR count). The average molecular weight is 285 g/mol. The number of hydrogen-bond donors (Lipinski definition) is 3. The van der Waals surface area contributed by atoms with E-state index in [-0.39, 0.29) is 5.95 Å². The van der Waals surface area contributed by atoms with Gasteiger partial charge >= 0.3 is 0 Å². The minimum absolute atomic E-state index is 0.100. The van der Waals surface area contributed by atoms with E-state index in [0.717, 1.165) is 0 Å². The van der Waals surface area contributed by atoms with Gasteiger partial charge in [-0.25, -0.2) is 10.8 Å². The minimum Gasteiger partial charge on any atom is -0.368 e. The summed E-state index contributed by atoms with van der Waals surface area (Å²) in [7, 11) is 0. The highest BCUT2D eigenvalue weighted by Crippen LogP contribution is 2.22. The van der Waals surface area contributed by atoms with Crippen molar-refractivity contribution in [3.8, 4) is 0 Å². The summed E-state index contributed by atoms with van der Waals surface area (Å²) in [5, 5.41) is 0.297. The largest absolute Gasteiger partial charge is 0.368 e. The van der Waals surface area contributed by atoms with Crippen LogP contribution in [-0.4, -0.2) is 9.97 Å². The second-order valence-corrected chi connectivity index (χ2v) is 3.12. The lowest BCUT2D eigenvalue weighted by atomic mass is 10.6. The zero-order valence-corrected chi connectivity index (χ0v) is 8.22. The number of nitrogen functional groups attached to an aromatic ring is 2. The first kappa shape index (κ1) is 8.75. The lowest BCUT2D eigenvalue weighted by Crippen LogP contribution is -2.12. The number of halogens is 2. The van der Waals surface area contributed by atoms with Gasteiger partial charge < -0.3 is 11.2 Å². The molecule has 0 aliphatic rings. The van der Waals surface area contributed by atoms with E-state index < -0.39 is 0 Å². The highest BCUT2D eigenvalue weighted by atomic mass is 127. The number of nitrogens with two attached hydrogens (primary N) is 2. The van der Waals surface area contributed by atoms with Gasteiger partial charge in [-0.05, 0) is 22.6 Å². The maximum Gasteiger partial charge on any atom is 0.223 e. The van der Waals surface area contributed by atoms with E-state index in [1.165, 1.54) is 0 Å². The average Bonchev–Trinajstić information content (AvgIpc) is 1.96. The van der Waals surface area contributed by atoms with Gasteiger partial charge in [0, 0.05) is 0 Å². The summed E-state index contributed by atoms with van der Waals surface area (Å²) in [6, 6.07) is 0. The minimum atomic E-state index is 0.100. The summed E-state index contributed by atoms with van der Waals surface area (Å²) in [4.78, 5) is 7.50. The molecule has 1 aromatic rings. The Kier molecular flexibility index (Phi) is 2.68. The van der Waals surface area contributed by atoms with Crippen molar-refractivity contribution in [2.24, 2.45) is 5.84 Å². The van der Waals surface area contributed by atoms with E-state index in [1.807, 2.05) is 22.6 Å². The SMILES string of the molecule is NNc1nc(N)nc(Cl)c1I. The van der Waals surface area contributed by atoms with Gasteiger partial charge in [-0.15, -0.1) is 0 Å². The summed E-state index contributed by atoms with van der Waals surface area (Å²) in [5.74, 6) is 5.66. The summed E-state index contributed by atoms with van der Waals surface area (Å²) < 4.78 is 0.654. The van der Waals surface area contributed by atoms with Crippen molar-refractivity contribution >= 4 is 46.0 Å². The van der Waals surface area contributed by atoms with Crippen LogP contribution in [0, 0.1) is 3.57 Å². The molecule has 0 bridgehead atoms. The van der Waals surface area contributed by atoms with Gasteiger partial charge in [0.2, 0.25) is 5.95 Å². The van der Waals surface area contributed by atoms with Crippen LogP contribution in [0.25, 0.3) is 0 Å². The lowest BCUT2D eigenvalue weighted by molar-refractivity contribution is 1.14. The molecule has 0 saturated carbocycles. The van der Waals surface area contributed by atoms with E-state index >= 15 is 0 Å². The molecule has 5 N–H and O–H groups in total. The third kappa shape index (κ3) is 1.82. The summed E-state index contributed by atoms with van der Waals surface area (Å²) >= 11 is 7.63. The number of nitrogens with zero attached hydrogens (tertiary/aromatic N) is 2. The predicted molar refractivity (Wildman–Crippen MR) is 52.0 cm³/mol. The number of hydrogen-bond acceptors (Lipinski definition) is 5. The van der Waals surface area contributed by atoms with Crippen LogP contribution in [0.15, 0.2) is 0 Å². The molecule has 1 heterocycles. The summed E-state index contributed by atoms with van der Waals surface area (Å²) in [6.07, 6.45) is 0. The van der Waals surface area contributed by atoms with Crippen LogP contribution in [0.2, 0.25) is 5.15 Å². The Balaban J connectivity index is 3.24. The van der Waals surface area contributed by atoms with Crippen molar-refractivity contribution in [1.29, 1.82) is 0 Å². The van der Waals surface area contributed by atoms with Gasteiger partial charge in [0.25, 0.3) is 0 Å². The Labute approximate surface area is 81.6 Å². The molecule has 0 radical (unpaired) electrons. The fourth-order valence-corrected chi connectivity index (χ4v) is 1.10. The highest BCUT2D eigenvalue weighted by molar-refractivity contribution is 14.1. The monoisotopic (exact) mass is 285 g/mol. The Morgan fingerprint density at radius 3 is 2.64 bits per heavy atom. The van der Waals surface area contributed by atoms with Crippen molar-refractivity contribution in [1.82, 2.24) is 9.97 Å². The van der Waals surface area contributed by atoms with Gasteiger partial charge in [0.15, 0.2) is 5.82 Å². The Morgan fingerprint density at radius 1 is 1.45 bits per heavy atom. The first-order valence-corrected chi connectivity index (χ1v) is 4.06. The van der Waals surface area contributed by atoms with Crippen LogP contribution in [0.4, 0.5) is 11.8 Å². The molecular formula is C4H5ClIN5. The van der Waals surface area contributed by atoms with E-state index in [1.54, 1.807) is 0 Å². The number of nitrogens with one attached hydrogen (secondary N) is 1. The quantitative estimate of drug-likeness (QED) is 0.304. The van der Waals surface area contributed by atoms with E-state index in [9.17, 15) is 0 Å². The van der Waals surface area contributed by atoms with Gasteiger partial charge in [-0.2, -0.15) is 4.98 Å². The number of aromatic nitrogens is 2. The molecule has 0 aliphatic carbocycles. The lowest BCUT2D eigenvalue weighted by Gasteiger charge is -2.03. The van der Waals surface area contributed by atoms with E-state index in [2.05, 4.69) is 15.4 Å². The third-order valence-electron chi connectivity index (χ3n) is 0.965. The molecular weight excluding hydrogens is 280 g/mol. The molecule has 0 unspecified atom stereocenters. The van der Waals surface area contributed by atoms with Crippen molar-refractivity contribution in [3.05, 3.63) is 8.72 Å². The zero-order chi connectivity index (χ0) is 8.43. The number of anilines is 2. The van der Waals surface area contributed by atoms with E-state index in [0.29, 0.717) is 14.5 Å². The van der Waals surface area contributed by atoms with Gasteiger partial charge in [0.1, 0.15) is 5.15 Å². The molecule has 0 fully saturated rings. The van der Waals surface area contributed by atoms with E-state index in [4.69, 9.17) is 23.2 Å². The molecule has 0 aliphatic heterocycles. The molecule has 0 atom stereocenters. The molecule has 0 saturated heterocycles. The fourth-order valence-electron chi connectivity index (χ4n) is 0.532. The highest BCUT2D eigenvalue weighted by Gasteiger charge is 2.06. The molecule has 1 aromatic heterocycles. The topological polar surface area (TPSA) is 89.8 Å². The van der Waals surface area contributed by atoms with Crippen LogP contribution >= 0.6 is 34.2 Å². The Bertz CT molecular complexity index is 277. The van der Waals surface area contributed by atoms with Crippen LogP contribution in [0.1, 0.15) is 0 Å². The molecule has 7 heteroatoms. The third-order valence-corrected chi connectivity index (χ3v) is 2.58. The van der Waals surface area contributed by atoms with Gasteiger partial charge in [0.05, 0.1) is 3.57 Å². The first-order chi connectivity index (χ1) is 5.15.